The van der Waals surface area contributed by atoms with E-state index >= 15 is 0 Å². The Morgan fingerprint density at radius 3 is 2.92 bits per heavy atom. The number of rotatable bonds is 6. The number of amides is 1. The molecule has 2 heterocycles. The van der Waals surface area contributed by atoms with E-state index in [1.165, 1.54) is 13.4 Å². The van der Waals surface area contributed by atoms with E-state index in [0.29, 0.717) is 30.9 Å². The van der Waals surface area contributed by atoms with Crippen molar-refractivity contribution in [1.82, 2.24) is 20.2 Å². The fourth-order valence-electron chi connectivity index (χ4n) is 2.54. The Morgan fingerprint density at radius 1 is 1.33 bits per heavy atom. The topological polar surface area (TPSA) is 99.4 Å². The second-order valence-electron chi connectivity index (χ2n) is 5.27. The molecule has 3 rings (SSSR count). The first-order valence-electron chi connectivity index (χ1n) is 7.53. The molecule has 0 bridgehead atoms. The van der Waals surface area contributed by atoms with E-state index < -0.39 is 12.1 Å². The van der Waals surface area contributed by atoms with Crippen molar-refractivity contribution in [2.24, 2.45) is 0 Å². The first-order valence-corrected chi connectivity index (χ1v) is 7.53. The maximum Gasteiger partial charge on any atom is 0.309 e. The lowest BCUT2D eigenvalue weighted by Gasteiger charge is -2.34. The second-order valence-corrected chi connectivity index (χ2v) is 5.27. The summed E-state index contributed by atoms with van der Waals surface area (Å²) < 4.78 is 11.9. The van der Waals surface area contributed by atoms with Gasteiger partial charge in [0.15, 0.2) is 6.10 Å². The fourth-order valence-corrected chi connectivity index (χ4v) is 2.54. The van der Waals surface area contributed by atoms with E-state index in [-0.39, 0.29) is 12.3 Å². The van der Waals surface area contributed by atoms with Crippen molar-refractivity contribution in [3.05, 3.63) is 30.6 Å². The number of nitrogens with zero attached hydrogens (tertiary/aromatic N) is 5. The average Bonchev–Trinajstić information content (AvgIpc) is 3.11. The number of aromatic nitrogens is 4. The smallest absolute Gasteiger partial charge is 0.309 e. The third-order valence-corrected chi connectivity index (χ3v) is 3.71. The van der Waals surface area contributed by atoms with Crippen LogP contribution in [0, 0.1) is 0 Å². The summed E-state index contributed by atoms with van der Waals surface area (Å²) in [6, 6.07) is 7.26. The number of carbonyl (C=O) groups is 2. The molecule has 0 fully saturated rings. The molecule has 0 saturated carbocycles. The Balaban J connectivity index is 1.74. The lowest BCUT2D eigenvalue weighted by molar-refractivity contribution is -0.145. The van der Waals surface area contributed by atoms with Crippen LogP contribution in [0.4, 0.5) is 5.69 Å². The number of methoxy groups -OCH3 is 1. The van der Waals surface area contributed by atoms with Crippen LogP contribution >= 0.6 is 0 Å². The Hall–Kier alpha value is -2.97. The van der Waals surface area contributed by atoms with Gasteiger partial charge in [0.05, 0.1) is 19.2 Å². The standard InChI is InChI=1S/C15H17N5O4/c1-23-14(21)9-13-15(22)20(8-4-7-19-10-16-17-18-19)11-5-2-3-6-12(11)24-13/h2-3,5-6,10,13H,4,7-9H2,1H3/t13-/m1/s1. The Morgan fingerprint density at radius 2 is 2.17 bits per heavy atom. The molecular weight excluding hydrogens is 314 g/mol. The van der Waals surface area contributed by atoms with Gasteiger partial charge in [0.25, 0.3) is 5.91 Å². The lowest BCUT2D eigenvalue weighted by Crippen LogP contribution is -2.47. The largest absolute Gasteiger partial charge is 0.478 e. The van der Waals surface area contributed by atoms with Crippen molar-refractivity contribution in [3.63, 3.8) is 0 Å². The van der Waals surface area contributed by atoms with Crippen LogP contribution in [0.5, 0.6) is 5.75 Å². The highest BCUT2D eigenvalue weighted by molar-refractivity contribution is 6.01. The molecule has 2 aromatic rings. The summed E-state index contributed by atoms with van der Waals surface area (Å²) in [5, 5.41) is 10.9. The number of carbonyl (C=O) groups excluding carboxylic acids is 2. The van der Waals surface area contributed by atoms with Crippen molar-refractivity contribution in [2.75, 3.05) is 18.6 Å². The molecule has 0 saturated heterocycles. The Kier molecular flexibility index (Phi) is 4.69. The van der Waals surface area contributed by atoms with Gasteiger partial charge in [-0.25, -0.2) is 4.68 Å². The van der Waals surface area contributed by atoms with Gasteiger partial charge in [-0.1, -0.05) is 12.1 Å². The summed E-state index contributed by atoms with van der Waals surface area (Å²) in [7, 11) is 1.29. The number of aryl methyl sites for hydroxylation is 1. The molecule has 0 unspecified atom stereocenters. The zero-order valence-corrected chi connectivity index (χ0v) is 13.2. The number of esters is 1. The van der Waals surface area contributed by atoms with E-state index in [1.807, 2.05) is 18.2 Å². The first kappa shape index (κ1) is 15.9. The predicted octanol–water partition coefficient (Wildman–Crippen LogP) is 0.420. The van der Waals surface area contributed by atoms with Gasteiger partial charge in [-0.2, -0.15) is 0 Å². The van der Waals surface area contributed by atoms with Crippen LogP contribution in [0.1, 0.15) is 12.8 Å². The number of benzene rings is 1. The van der Waals surface area contributed by atoms with Crippen molar-refractivity contribution in [3.8, 4) is 5.75 Å². The van der Waals surface area contributed by atoms with E-state index in [1.54, 1.807) is 15.6 Å². The van der Waals surface area contributed by atoms with Gasteiger partial charge in [0.1, 0.15) is 12.1 Å². The van der Waals surface area contributed by atoms with Gasteiger partial charge >= 0.3 is 5.97 Å². The molecule has 1 aromatic heterocycles. The minimum absolute atomic E-state index is 0.118. The van der Waals surface area contributed by atoms with Crippen LogP contribution in [0.15, 0.2) is 30.6 Å². The van der Waals surface area contributed by atoms with Crippen molar-refractivity contribution in [2.45, 2.75) is 25.5 Å². The Bertz CT molecular complexity index is 718. The second kappa shape index (κ2) is 7.07. The zero-order valence-electron chi connectivity index (χ0n) is 13.2. The molecule has 9 heteroatoms. The summed E-state index contributed by atoms with van der Waals surface area (Å²) in [5.74, 6) is -0.161. The third-order valence-electron chi connectivity index (χ3n) is 3.71. The van der Waals surface area contributed by atoms with Gasteiger partial charge in [-0.3, -0.25) is 9.59 Å². The molecule has 0 aliphatic carbocycles. The minimum Gasteiger partial charge on any atom is -0.478 e. The fraction of sp³-hybridized carbons (Fsp3) is 0.400. The third kappa shape index (κ3) is 3.34. The maximum absolute atomic E-state index is 12.7. The SMILES string of the molecule is COC(=O)C[C@H]1Oc2ccccc2N(CCCn2cnnn2)C1=O. The first-order chi connectivity index (χ1) is 11.7. The van der Waals surface area contributed by atoms with Gasteiger partial charge in [-0.05, 0) is 29.0 Å². The number of tetrazole rings is 1. The summed E-state index contributed by atoms with van der Waals surface area (Å²) >= 11 is 0. The van der Waals surface area contributed by atoms with Gasteiger partial charge in [0, 0.05) is 13.1 Å². The van der Waals surface area contributed by atoms with Crippen molar-refractivity contribution < 1.29 is 19.1 Å². The summed E-state index contributed by atoms with van der Waals surface area (Å²) in [5.41, 5.74) is 0.695. The van der Waals surface area contributed by atoms with Gasteiger partial charge in [-0.15, -0.1) is 5.10 Å². The van der Waals surface area contributed by atoms with E-state index in [4.69, 9.17) is 4.74 Å². The normalized spacial score (nSPS) is 16.5. The van der Waals surface area contributed by atoms with Gasteiger partial charge in [0.2, 0.25) is 0 Å². The van der Waals surface area contributed by atoms with E-state index in [9.17, 15) is 9.59 Å². The van der Waals surface area contributed by atoms with Crippen molar-refractivity contribution in [1.29, 1.82) is 0 Å². The van der Waals surface area contributed by atoms with E-state index in [2.05, 4.69) is 20.3 Å². The van der Waals surface area contributed by atoms with Gasteiger partial charge < -0.3 is 14.4 Å². The number of ether oxygens (including phenoxy) is 2. The number of fused-ring (bicyclic) bond motifs is 1. The minimum atomic E-state index is -0.875. The zero-order chi connectivity index (χ0) is 16.9. The summed E-state index contributed by atoms with van der Waals surface area (Å²) in [4.78, 5) is 25.8. The molecular formula is C15H17N5O4. The molecule has 9 nitrogen and oxygen atoms in total. The monoisotopic (exact) mass is 331 g/mol. The molecule has 24 heavy (non-hydrogen) atoms. The molecule has 1 amide bonds. The Labute approximate surface area is 138 Å². The molecule has 1 aliphatic rings. The number of hydrogen-bond donors (Lipinski definition) is 0. The number of anilines is 1. The lowest BCUT2D eigenvalue weighted by atomic mass is 10.1. The summed E-state index contributed by atoms with van der Waals surface area (Å²) in [6.07, 6.45) is 1.19. The van der Waals surface area contributed by atoms with Crippen LogP contribution < -0.4 is 9.64 Å². The molecule has 126 valence electrons. The van der Waals surface area contributed by atoms with Crippen LogP contribution in [0.25, 0.3) is 0 Å². The maximum atomic E-state index is 12.7. The van der Waals surface area contributed by atoms with E-state index in [0.717, 1.165) is 0 Å². The molecule has 0 radical (unpaired) electrons. The highest BCUT2D eigenvalue weighted by Gasteiger charge is 2.35. The molecule has 1 aromatic carbocycles. The predicted molar refractivity (Wildman–Crippen MR) is 82.3 cm³/mol. The van der Waals surface area contributed by atoms with Crippen LogP contribution in [-0.4, -0.2) is 51.8 Å². The van der Waals surface area contributed by atoms with Crippen LogP contribution in [-0.2, 0) is 20.9 Å². The quantitative estimate of drug-likeness (QED) is 0.707. The summed E-state index contributed by atoms with van der Waals surface area (Å²) in [6.45, 7) is 1.05. The highest BCUT2D eigenvalue weighted by Crippen LogP contribution is 2.34. The number of hydrogen-bond acceptors (Lipinski definition) is 7. The molecule has 0 spiro atoms. The average molecular weight is 331 g/mol. The number of para-hydroxylation sites is 2. The molecule has 1 aliphatic heterocycles. The molecule has 1 atom stereocenters. The van der Waals surface area contributed by atoms with Crippen LogP contribution in [0.2, 0.25) is 0 Å². The highest BCUT2D eigenvalue weighted by atomic mass is 16.5. The molecule has 0 N–H and O–H groups in total. The van der Waals surface area contributed by atoms with Crippen LogP contribution in [0.3, 0.4) is 0 Å². The van der Waals surface area contributed by atoms with Crippen molar-refractivity contribution >= 4 is 17.6 Å².